The molecule has 0 saturated heterocycles. The van der Waals surface area contributed by atoms with Crippen LogP contribution in [0.4, 0.5) is 0 Å². The fraction of sp³-hybridized carbons (Fsp3) is 0.136. The molecule has 0 heterocycles. The third kappa shape index (κ3) is 2.57. The number of hydrogen-bond donors (Lipinski definition) is 1. The quantitative estimate of drug-likeness (QED) is 0.399. The maximum absolute atomic E-state index is 12.1. The van der Waals surface area contributed by atoms with Crippen LogP contribution in [0.3, 0.4) is 0 Å². The maximum Gasteiger partial charge on any atom is 0.137 e. The van der Waals surface area contributed by atoms with E-state index in [0.29, 0.717) is 0 Å². The number of aldehydes is 1. The molecule has 0 aliphatic rings. The minimum Gasteiger partial charge on any atom is -0.302 e. The van der Waals surface area contributed by atoms with Gasteiger partial charge in [0, 0.05) is 0 Å². The standard InChI is InChI=1S/C22H20OS/c1-21(24,17-23)22(18-11-5-2-6-12-18,19-13-7-3-8-14-19)20-15-9-4-10-16-20/h2-17,24H,1H3/t21-/m1/s1. The molecule has 3 aromatic carbocycles. The third-order valence-electron chi connectivity index (χ3n) is 4.61. The van der Waals surface area contributed by atoms with Gasteiger partial charge in [-0.2, -0.15) is 12.6 Å². The Morgan fingerprint density at radius 3 is 1.21 bits per heavy atom. The predicted octanol–water partition coefficient (Wildman–Crippen LogP) is 4.91. The van der Waals surface area contributed by atoms with Crippen LogP contribution in [0.2, 0.25) is 0 Å². The molecule has 0 bridgehead atoms. The van der Waals surface area contributed by atoms with E-state index in [1.165, 1.54) is 0 Å². The van der Waals surface area contributed by atoms with Crippen molar-refractivity contribution >= 4 is 18.9 Å². The van der Waals surface area contributed by atoms with Gasteiger partial charge in [-0.25, -0.2) is 0 Å². The van der Waals surface area contributed by atoms with Gasteiger partial charge in [0.05, 0.1) is 10.2 Å². The van der Waals surface area contributed by atoms with Crippen molar-refractivity contribution in [3.05, 3.63) is 108 Å². The van der Waals surface area contributed by atoms with Gasteiger partial charge in [-0.1, -0.05) is 91.0 Å². The van der Waals surface area contributed by atoms with Gasteiger partial charge in [-0.05, 0) is 23.6 Å². The Morgan fingerprint density at radius 1 is 0.667 bits per heavy atom. The summed E-state index contributed by atoms with van der Waals surface area (Å²) in [5, 5.41) is 0. The molecular weight excluding hydrogens is 312 g/mol. The molecule has 1 atom stereocenters. The van der Waals surface area contributed by atoms with Gasteiger partial charge in [-0.15, -0.1) is 0 Å². The van der Waals surface area contributed by atoms with Crippen molar-refractivity contribution in [1.29, 1.82) is 0 Å². The molecule has 120 valence electrons. The molecule has 0 aliphatic carbocycles. The third-order valence-corrected chi connectivity index (χ3v) is 5.05. The number of benzene rings is 3. The highest BCUT2D eigenvalue weighted by atomic mass is 32.1. The first-order valence-corrected chi connectivity index (χ1v) is 8.43. The highest BCUT2D eigenvalue weighted by molar-refractivity contribution is 7.82. The Balaban J connectivity index is 2.45. The van der Waals surface area contributed by atoms with E-state index in [2.05, 4.69) is 36.4 Å². The van der Waals surface area contributed by atoms with E-state index in [9.17, 15) is 4.79 Å². The first-order valence-electron chi connectivity index (χ1n) is 7.98. The smallest absolute Gasteiger partial charge is 0.137 e. The number of carbonyl (C=O) groups is 1. The Labute approximate surface area is 148 Å². The van der Waals surface area contributed by atoms with E-state index in [1.54, 1.807) is 0 Å². The molecular formula is C22H20OS. The van der Waals surface area contributed by atoms with E-state index >= 15 is 0 Å². The zero-order valence-corrected chi connectivity index (χ0v) is 14.5. The second-order valence-corrected chi connectivity index (χ2v) is 7.04. The van der Waals surface area contributed by atoms with Crippen LogP contribution in [0.1, 0.15) is 23.6 Å². The Morgan fingerprint density at radius 2 is 0.958 bits per heavy atom. The normalized spacial score (nSPS) is 13.9. The van der Waals surface area contributed by atoms with Crippen LogP contribution in [0.25, 0.3) is 0 Å². The molecule has 0 aromatic heterocycles. The lowest BCUT2D eigenvalue weighted by molar-refractivity contribution is -0.110. The van der Waals surface area contributed by atoms with Gasteiger partial charge < -0.3 is 4.79 Å². The van der Waals surface area contributed by atoms with Crippen LogP contribution < -0.4 is 0 Å². The lowest BCUT2D eigenvalue weighted by Gasteiger charge is -2.44. The van der Waals surface area contributed by atoms with Crippen LogP contribution in [-0.4, -0.2) is 11.0 Å². The minimum atomic E-state index is -0.920. The average molecular weight is 332 g/mol. The van der Waals surface area contributed by atoms with E-state index < -0.39 is 10.2 Å². The summed E-state index contributed by atoms with van der Waals surface area (Å²) < 4.78 is -0.920. The summed E-state index contributed by atoms with van der Waals surface area (Å²) in [7, 11) is 0. The first kappa shape index (κ1) is 16.5. The van der Waals surface area contributed by atoms with E-state index in [1.807, 2.05) is 61.5 Å². The summed E-state index contributed by atoms with van der Waals surface area (Å²) in [6, 6.07) is 30.4. The van der Waals surface area contributed by atoms with Gasteiger partial charge in [0.25, 0.3) is 0 Å². The molecule has 2 heteroatoms. The fourth-order valence-electron chi connectivity index (χ4n) is 3.53. The predicted molar refractivity (Wildman–Crippen MR) is 103 cm³/mol. The van der Waals surface area contributed by atoms with Crippen LogP contribution in [0.15, 0.2) is 91.0 Å². The van der Waals surface area contributed by atoms with Gasteiger partial charge in [0.1, 0.15) is 6.29 Å². The van der Waals surface area contributed by atoms with Gasteiger partial charge >= 0.3 is 0 Å². The topological polar surface area (TPSA) is 17.1 Å². The van der Waals surface area contributed by atoms with Crippen LogP contribution in [0, 0.1) is 0 Å². The Bertz CT molecular complexity index is 698. The SMILES string of the molecule is C[C@@](S)(C=O)C(c1ccccc1)(c1ccccc1)c1ccccc1. The number of rotatable bonds is 5. The second kappa shape index (κ2) is 6.66. The molecule has 0 unspecified atom stereocenters. The van der Waals surface area contributed by atoms with Crippen LogP contribution >= 0.6 is 12.6 Å². The largest absolute Gasteiger partial charge is 0.302 e. The minimum absolute atomic E-state index is 0.679. The molecule has 0 spiro atoms. The average Bonchev–Trinajstić information content (AvgIpc) is 2.65. The molecule has 3 rings (SSSR count). The summed E-state index contributed by atoms with van der Waals surface area (Å²) in [4.78, 5) is 12.1. The molecule has 0 aliphatic heterocycles. The van der Waals surface area contributed by atoms with Crippen LogP contribution in [0.5, 0.6) is 0 Å². The van der Waals surface area contributed by atoms with Gasteiger partial charge in [0.2, 0.25) is 0 Å². The molecule has 24 heavy (non-hydrogen) atoms. The summed E-state index contributed by atoms with van der Waals surface area (Å²) in [6.07, 6.45) is 0.948. The number of carbonyl (C=O) groups excluding carboxylic acids is 1. The lowest BCUT2D eigenvalue weighted by Crippen LogP contribution is -2.48. The van der Waals surface area contributed by atoms with E-state index in [-0.39, 0.29) is 0 Å². The highest BCUT2D eigenvalue weighted by Crippen LogP contribution is 2.49. The maximum atomic E-state index is 12.1. The molecule has 1 nitrogen and oxygen atoms in total. The van der Waals surface area contributed by atoms with Crippen molar-refractivity contribution in [2.45, 2.75) is 17.1 Å². The molecule has 0 amide bonds. The first-order chi connectivity index (χ1) is 11.6. The van der Waals surface area contributed by atoms with E-state index in [4.69, 9.17) is 12.6 Å². The van der Waals surface area contributed by atoms with Gasteiger partial charge in [0.15, 0.2) is 0 Å². The van der Waals surface area contributed by atoms with Crippen molar-refractivity contribution in [3.63, 3.8) is 0 Å². The fourth-order valence-corrected chi connectivity index (χ4v) is 3.92. The summed E-state index contributed by atoms with van der Waals surface area (Å²) in [5.74, 6) is 0. The van der Waals surface area contributed by atoms with Gasteiger partial charge in [-0.3, -0.25) is 0 Å². The zero-order chi connectivity index (χ0) is 17.0. The van der Waals surface area contributed by atoms with Crippen molar-refractivity contribution in [2.24, 2.45) is 0 Å². The van der Waals surface area contributed by atoms with Crippen molar-refractivity contribution in [2.75, 3.05) is 0 Å². The number of hydrogen-bond acceptors (Lipinski definition) is 2. The molecule has 0 radical (unpaired) electrons. The van der Waals surface area contributed by atoms with Crippen LogP contribution in [-0.2, 0) is 10.2 Å². The monoisotopic (exact) mass is 332 g/mol. The molecule has 0 saturated carbocycles. The van der Waals surface area contributed by atoms with Crippen molar-refractivity contribution in [1.82, 2.24) is 0 Å². The number of thiol groups is 1. The Kier molecular flexibility index (Phi) is 4.59. The lowest BCUT2D eigenvalue weighted by atomic mass is 9.62. The summed E-state index contributed by atoms with van der Waals surface area (Å²) in [6.45, 7) is 1.89. The van der Waals surface area contributed by atoms with E-state index in [0.717, 1.165) is 23.0 Å². The molecule has 0 fully saturated rings. The molecule has 3 aromatic rings. The summed E-state index contributed by atoms with van der Waals surface area (Å²) in [5.41, 5.74) is 2.47. The summed E-state index contributed by atoms with van der Waals surface area (Å²) >= 11 is 4.83. The zero-order valence-electron chi connectivity index (χ0n) is 13.6. The second-order valence-electron chi connectivity index (χ2n) is 6.11. The van der Waals surface area contributed by atoms with Crippen molar-refractivity contribution in [3.8, 4) is 0 Å². The van der Waals surface area contributed by atoms with Crippen molar-refractivity contribution < 1.29 is 4.79 Å². The Hall–Kier alpha value is -2.32. The molecule has 0 N–H and O–H groups in total. The highest BCUT2D eigenvalue weighted by Gasteiger charge is 2.50.